The molecule has 0 amide bonds. The molecule has 1 aliphatic heterocycles. The van der Waals surface area contributed by atoms with Crippen LogP contribution in [0.5, 0.6) is 0 Å². The van der Waals surface area contributed by atoms with Gasteiger partial charge in [-0.15, -0.1) is 0 Å². The van der Waals surface area contributed by atoms with Crippen molar-refractivity contribution >= 4 is 0 Å². The van der Waals surface area contributed by atoms with Gasteiger partial charge >= 0.3 is 0 Å². The van der Waals surface area contributed by atoms with Crippen molar-refractivity contribution in [2.45, 2.75) is 18.9 Å². The minimum atomic E-state index is -0.496. The van der Waals surface area contributed by atoms with E-state index in [2.05, 4.69) is 4.90 Å². The zero-order valence-electron chi connectivity index (χ0n) is 11.8. The molecule has 1 aromatic carbocycles. The summed E-state index contributed by atoms with van der Waals surface area (Å²) in [4.78, 5) is 2.21. The average molecular weight is 284 g/mol. The van der Waals surface area contributed by atoms with Crippen LogP contribution in [0, 0.1) is 17.6 Å². The quantitative estimate of drug-likeness (QED) is 0.902. The van der Waals surface area contributed by atoms with Crippen molar-refractivity contribution in [2.24, 2.45) is 11.7 Å². The van der Waals surface area contributed by atoms with Crippen molar-refractivity contribution in [1.82, 2.24) is 4.90 Å². The lowest BCUT2D eigenvalue weighted by atomic mass is 9.97. The van der Waals surface area contributed by atoms with Gasteiger partial charge < -0.3 is 15.4 Å². The lowest BCUT2D eigenvalue weighted by molar-refractivity contribution is 0.0969. The molecule has 1 fully saturated rings. The molecule has 0 bridgehead atoms. The largest absolute Gasteiger partial charge is 0.384 e. The fraction of sp³-hybridized carbons (Fsp3) is 0.600. The van der Waals surface area contributed by atoms with Crippen LogP contribution in [-0.4, -0.2) is 38.3 Å². The number of hydrogen-bond donors (Lipinski definition) is 1. The Morgan fingerprint density at radius 3 is 2.70 bits per heavy atom. The maximum absolute atomic E-state index is 13.7. The fourth-order valence-corrected chi connectivity index (χ4v) is 2.75. The van der Waals surface area contributed by atoms with E-state index in [9.17, 15) is 8.78 Å². The van der Waals surface area contributed by atoms with Gasteiger partial charge in [0.05, 0.1) is 0 Å². The summed E-state index contributed by atoms with van der Waals surface area (Å²) in [6, 6.07) is 2.94. The second kappa shape index (κ2) is 7.11. The highest BCUT2D eigenvalue weighted by atomic mass is 19.1. The monoisotopic (exact) mass is 284 g/mol. The molecule has 0 radical (unpaired) electrons. The van der Waals surface area contributed by atoms with Crippen LogP contribution in [0.4, 0.5) is 8.78 Å². The summed E-state index contributed by atoms with van der Waals surface area (Å²) in [6.45, 7) is 3.20. The van der Waals surface area contributed by atoms with Gasteiger partial charge in [-0.3, -0.25) is 0 Å². The van der Waals surface area contributed by atoms with E-state index in [4.69, 9.17) is 10.5 Å². The van der Waals surface area contributed by atoms with Gasteiger partial charge in [-0.05, 0) is 50.0 Å². The van der Waals surface area contributed by atoms with E-state index < -0.39 is 17.7 Å². The third kappa shape index (κ3) is 3.98. The Bertz CT molecular complexity index is 434. The Morgan fingerprint density at radius 2 is 2.05 bits per heavy atom. The summed E-state index contributed by atoms with van der Waals surface area (Å²) >= 11 is 0. The van der Waals surface area contributed by atoms with Gasteiger partial charge in [0.2, 0.25) is 0 Å². The molecule has 1 atom stereocenters. The molecular weight excluding hydrogens is 262 g/mol. The topological polar surface area (TPSA) is 38.5 Å². The standard InChI is InChI=1S/C15H22F2N2O/c1-20-10-11-4-6-19(7-5-11)9-15(18)13-8-12(16)2-3-14(13)17/h2-3,8,11,15H,4-7,9-10,18H2,1H3. The summed E-state index contributed by atoms with van der Waals surface area (Å²) in [6.07, 6.45) is 2.12. The molecular formula is C15H22F2N2O. The minimum absolute atomic E-state index is 0.254. The predicted molar refractivity (Wildman–Crippen MR) is 74.3 cm³/mol. The molecule has 0 saturated carbocycles. The zero-order chi connectivity index (χ0) is 14.5. The van der Waals surface area contributed by atoms with Crippen molar-refractivity contribution in [1.29, 1.82) is 0 Å². The summed E-state index contributed by atoms with van der Waals surface area (Å²) in [5, 5.41) is 0. The third-order valence-electron chi connectivity index (χ3n) is 3.92. The van der Waals surface area contributed by atoms with E-state index in [1.165, 1.54) is 6.07 Å². The van der Waals surface area contributed by atoms with Crippen LogP contribution in [-0.2, 0) is 4.74 Å². The van der Waals surface area contributed by atoms with Crippen molar-refractivity contribution in [3.05, 3.63) is 35.4 Å². The number of nitrogens with zero attached hydrogens (tertiary/aromatic N) is 1. The van der Waals surface area contributed by atoms with Crippen molar-refractivity contribution in [3.63, 3.8) is 0 Å². The summed E-state index contributed by atoms with van der Waals surface area (Å²) in [7, 11) is 1.72. The highest BCUT2D eigenvalue weighted by molar-refractivity contribution is 5.22. The molecule has 1 unspecified atom stereocenters. The molecule has 20 heavy (non-hydrogen) atoms. The minimum Gasteiger partial charge on any atom is -0.384 e. The molecule has 5 heteroatoms. The highest BCUT2D eigenvalue weighted by Crippen LogP contribution is 2.21. The smallest absolute Gasteiger partial charge is 0.128 e. The Kier molecular flexibility index (Phi) is 5.46. The Hall–Kier alpha value is -1.04. The van der Waals surface area contributed by atoms with E-state index in [-0.39, 0.29) is 5.56 Å². The van der Waals surface area contributed by atoms with E-state index >= 15 is 0 Å². The van der Waals surface area contributed by atoms with Gasteiger partial charge in [-0.25, -0.2) is 8.78 Å². The van der Waals surface area contributed by atoms with Crippen LogP contribution in [0.1, 0.15) is 24.4 Å². The molecule has 2 rings (SSSR count). The van der Waals surface area contributed by atoms with Crippen molar-refractivity contribution < 1.29 is 13.5 Å². The molecule has 1 saturated heterocycles. The van der Waals surface area contributed by atoms with Crippen LogP contribution in [0.25, 0.3) is 0 Å². The van der Waals surface area contributed by atoms with Crippen LogP contribution in [0.2, 0.25) is 0 Å². The van der Waals surface area contributed by atoms with E-state index in [1.54, 1.807) is 7.11 Å². The number of nitrogens with two attached hydrogens (primary N) is 1. The van der Waals surface area contributed by atoms with E-state index in [0.29, 0.717) is 12.5 Å². The number of halogens is 2. The molecule has 0 aliphatic carbocycles. The van der Waals surface area contributed by atoms with Gasteiger partial charge in [0, 0.05) is 31.9 Å². The number of benzene rings is 1. The fourth-order valence-electron chi connectivity index (χ4n) is 2.75. The van der Waals surface area contributed by atoms with Gasteiger partial charge in [-0.2, -0.15) is 0 Å². The molecule has 1 aliphatic rings. The Balaban J connectivity index is 1.89. The second-order valence-electron chi connectivity index (χ2n) is 5.47. The maximum atomic E-state index is 13.7. The lowest BCUT2D eigenvalue weighted by Crippen LogP contribution is -2.39. The van der Waals surface area contributed by atoms with Crippen molar-refractivity contribution in [3.8, 4) is 0 Å². The number of likely N-dealkylation sites (tertiary alicyclic amines) is 1. The zero-order valence-corrected chi connectivity index (χ0v) is 11.8. The second-order valence-corrected chi connectivity index (χ2v) is 5.47. The molecule has 1 heterocycles. The predicted octanol–water partition coefficient (Wildman–Crippen LogP) is 2.32. The van der Waals surface area contributed by atoms with Gasteiger partial charge in [0.1, 0.15) is 11.6 Å². The number of methoxy groups -OCH3 is 1. The molecule has 0 aromatic heterocycles. The first kappa shape index (κ1) is 15.4. The number of hydrogen-bond acceptors (Lipinski definition) is 3. The van der Waals surface area contributed by atoms with Gasteiger partial charge in [0.15, 0.2) is 0 Å². The molecule has 112 valence electrons. The molecule has 3 nitrogen and oxygen atoms in total. The molecule has 1 aromatic rings. The van der Waals surface area contributed by atoms with Crippen LogP contribution in [0.15, 0.2) is 18.2 Å². The first-order chi connectivity index (χ1) is 9.60. The van der Waals surface area contributed by atoms with Gasteiger partial charge in [-0.1, -0.05) is 0 Å². The average Bonchev–Trinajstić information content (AvgIpc) is 2.44. The van der Waals surface area contributed by atoms with Crippen LogP contribution >= 0.6 is 0 Å². The first-order valence-electron chi connectivity index (χ1n) is 7.02. The van der Waals surface area contributed by atoms with Gasteiger partial charge in [0.25, 0.3) is 0 Å². The number of rotatable bonds is 5. The lowest BCUT2D eigenvalue weighted by Gasteiger charge is -2.33. The summed E-state index contributed by atoms with van der Waals surface area (Å²) in [5.41, 5.74) is 6.27. The van der Waals surface area contributed by atoms with Crippen LogP contribution in [0.3, 0.4) is 0 Å². The van der Waals surface area contributed by atoms with E-state index in [1.807, 2.05) is 0 Å². The maximum Gasteiger partial charge on any atom is 0.128 e. The number of ether oxygens (including phenoxy) is 1. The normalized spacial score (nSPS) is 19.2. The first-order valence-corrected chi connectivity index (χ1v) is 7.02. The van der Waals surface area contributed by atoms with E-state index in [0.717, 1.165) is 44.7 Å². The SMILES string of the molecule is COCC1CCN(CC(N)c2cc(F)ccc2F)CC1. The third-order valence-corrected chi connectivity index (χ3v) is 3.92. The molecule has 2 N–H and O–H groups in total. The molecule has 0 spiro atoms. The summed E-state index contributed by atoms with van der Waals surface area (Å²) < 4.78 is 32.0. The Labute approximate surface area is 118 Å². The van der Waals surface area contributed by atoms with Crippen molar-refractivity contribution in [2.75, 3.05) is 33.4 Å². The Morgan fingerprint density at radius 1 is 1.35 bits per heavy atom. The van der Waals surface area contributed by atoms with Crippen LogP contribution < -0.4 is 5.73 Å². The highest BCUT2D eigenvalue weighted by Gasteiger charge is 2.22. The summed E-state index contributed by atoms with van der Waals surface area (Å²) in [5.74, 6) is -0.290. The number of piperidine rings is 1.